The lowest BCUT2D eigenvalue weighted by Gasteiger charge is -2.30. The van der Waals surface area contributed by atoms with Gasteiger partial charge in [-0.25, -0.2) is 0 Å². The number of hydrogen-bond donors (Lipinski definition) is 2. The van der Waals surface area contributed by atoms with Crippen LogP contribution in [0, 0.1) is 5.92 Å². The lowest BCUT2D eigenvalue weighted by atomic mass is 9.87. The summed E-state index contributed by atoms with van der Waals surface area (Å²) in [6.45, 7) is 4.27. The predicted octanol–water partition coefficient (Wildman–Crippen LogP) is 2.65. The first-order chi connectivity index (χ1) is 10.0. The standard InChI is InChI=1S/C18H26N2O/c1-18(2,11-10-13-6-4-3-5-7-13)20-17(21)15-12-14-8-9-16(15)19-14/h3-7,14-16,19H,8-12H2,1-2H3,(H,20,21). The minimum atomic E-state index is -0.144. The number of benzene rings is 1. The quantitative estimate of drug-likeness (QED) is 0.873. The van der Waals surface area contributed by atoms with Gasteiger partial charge < -0.3 is 10.6 Å². The van der Waals surface area contributed by atoms with Crippen LogP contribution in [0.15, 0.2) is 30.3 Å². The highest BCUT2D eigenvalue weighted by Gasteiger charge is 2.43. The number of fused-ring (bicyclic) bond motifs is 2. The van der Waals surface area contributed by atoms with Gasteiger partial charge in [0.15, 0.2) is 0 Å². The molecule has 1 aromatic carbocycles. The monoisotopic (exact) mass is 286 g/mol. The van der Waals surface area contributed by atoms with Crippen molar-refractivity contribution in [2.24, 2.45) is 5.92 Å². The Kier molecular flexibility index (Phi) is 4.03. The van der Waals surface area contributed by atoms with Gasteiger partial charge in [0.05, 0.1) is 5.92 Å². The molecule has 114 valence electrons. The summed E-state index contributed by atoms with van der Waals surface area (Å²) in [5.41, 5.74) is 1.19. The van der Waals surface area contributed by atoms with Gasteiger partial charge in [0.2, 0.25) is 5.91 Å². The zero-order valence-electron chi connectivity index (χ0n) is 13.1. The molecule has 2 saturated heterocycles. The van der Waals surface area contributed by atoms with E-state index in [1.54, 1.807) is 0 Å². The van der Waals surface area contributed by atoms with Gasteiger partial charge in [-0.1, -0.05) is 30.3 Å². The largest absolute Gasteiger partial charge is 0.351 e. The summed E-state index contributed by atoms with van der Waals surface area (Å²) in [5, 5.41) is 6.82. The summed E-state index contributed by atoms with van der Waals surface area (Å²) in [7, 11) is 0. The van der Waals surface area contributed by atoms with Crippen molar-refractivity contribution in [3.63, 3.8) is 0 Å². The Labute approximate surface area is 127 Å². The van der Waals surface area contributed by atoms with Crippen molar-refractivity contribution >= 4 is 5.91 Å². The average Bonchev–Trinajstić information content (AvgIpc) is 3.09. The normalized spacial score (nSPS) is 27.8. The summed E-state index contributed by atoms with van der Waals surface area (Å²) in [5.74, 6) is 0.424. The highest BCUT2D eigenvalue weighted by Crippen LogP contribution is 2.33. The van der Waals surface area contributed by atoms with Crippen molar-refractivity contribution in [1.82, 2.24) is 10.6 Å². The zero-order chi connectivity index (χ0) is 14.9. The molecule has 0 radical (unpaired) electrons. The number of carbonyl (C=O) groups is 1. The van der Waals surface area contributed by atoms with Gasteiger partial charge in [-0.15, -0.1) is 0 Å². The zero-order valence-corrected chi connectivity index (χ0v) is 13.1. The minimum Gasteiger partial charge on any atom is -0.351 e. The third kappa shape index (κ3) is 3.46. The van der Waals surface area contributed by atoms with Crippen molar-refractivity contribution < 1.29 is 4.79 Å². The van der Waals surface area contributed by atoms with Gasteiger partial charge in [-0.2, -0.15) is 0 Å². The maximum atomic E-state index is 12.5. The molecule has 3 heteroatoms. The highest BCUT2D eigenvalue weighted by atomic mass is 16.2. The van der Waals surface area contributed by atoms with E-state index in [-0.39, 0.29) is 17.4 Å². The Morgan fingerprint density at radius 1 is 1.29 bits per heavy atom. The van der Waals surface area contributed by atoms with E-state index >= 15 is 0 Å². The first-order valence-corrected chi connectivity index (χ1v) is 8.15. The van der Waals surface area contributed by atoms with Gasteiger partial charge in [0, 0.05) is 17.6 Å². The molecule has 2 aliphatic rings. The molecule has 3 rings (SSSR count). The van der Waals surface area contributed by atoms with E-state index in [0.717, 1.165) is 25.7 Å². The van der Waals surface area contributed by atoms with Crippen molar-refractivity contribution in [1.29, 1.82) is 0 Å². The van der Waals surface area contributed by atoms with Crippen LogP contribution in [0.2, 0.25) is 0 Å². The van der Waals surface area contributed by atoms with E-state index in [4.69, 9.17) is 0 Å². The molecule has 3 atom stereocenters. The topological polar surface area (TPSA) is 41.1 Å². The van der Waals surface area contributed by atoms with Crippen LogP contribution >= 0.6 is 0 Å². The van der Waals surface area contributed by atoms with Gasteiger partial charge in [-0.3, -0.25) is 4.79 Å². The molecule has 0 spiro atoms. The maximum absolute atomic E-state index is 12.5. The van der Waals surface area contributed by atoms with E-state index in [1.165, 1.54) is 12.0 Å². The molecule has 0 saturated carbocycles. The second kappa shape index (κ2) is 5.80. The number of aryl methyl sites for hydroxylation is 1. The molecular formula is C18H26N2O. The summed E-state index contributed by atoms with van der Waals surface area (Å²) in [6.07, 6.45) is 5.39. The number of nitrogens with one attached hydrogen (secondary N) is 2. The Bertz CT molecular complexity index is 497. The molecule has 0 aliphatic carbocycles. The fourth-order valence-electron chi connectivity index (χ4n) is 3.70. The van der Waals surface area contributed by atoms with Gasteiger partial charge >= 0.3 is 0 Å². The van der Waals surface area contributed by atoms with Crippen LogP contribution in [-0.2, 0) is 11.2 Å². The van der Waals surface area contributed by atoms with Crippen LogP contribution in [0.25, 0.3) is 0 Å². The predicted molar refractivity (Wildman–Crippen MR) is 85.0 cm³/mol. The van der Waals surface area contributed by atoms with Crippen LogP contribution in [0.1, 0.15) is 45.1 Å². The molecule has 21 heavy (non-hydrogen) atoms. The Hall–Kier alpha value is -1.35. The molecule has 2 aliphatic heterocycles. The number of hydrogen-bond acceptors (Lipinski definition) is 2. The van der Waals surface area contributed by atoms with Crippen LogP contribution in [0.5, 0.6) is 0 Å². The molecule has 3 unspecified atom stereocenters. The molecule has 2 fully saturated rings. The van der Waals surface area contributed by atoms with E-state index in [2.05, 4.69) is 48.7 Å². The average molecular weight is 286 g/mol. The molecule has 3 nitrogen and oxygen atoms in total. The first kappa shape index (κ1) is 14.6. The molecule has 2 bridgehead atoms. The smallest absolute Gasteiger partial charge is 0.225 e. The van der Waals surface area contributed by atoms with Crippen molar-refractivity contribution in [3.05, 3.63) is 35.9 Å². The Morgan fingerprint density at radius 3 is 2.67 bits per heavy atom. The highest BCUT2D eigenvalue weighted by molar-refractivity contribution is 5.80. The Morgan fingerprint density at radius 2 is 2.05 bits per heavy atom. The SMILES string of the molecule is CC(C)(CCc1ccccc1)NC(=O)C1CC2CCC1N2. The second-order valence-electron chi connectivity index (χ2n) is 7.25. The minimum absolute atomic E-state index is 0.144. The summed E-state index contributed by atoms with van der Waals surface area (Å²) in [4.78, 5) is 12.5. The van der Waals surface area contributed by atoms with Crippen molar-refractivity contribution in [3.8, 4) is 0 Å². The van der Waals surface area contributed by atoms with Gasteiger partial charge in [0.1, 0.15) is 0 Å². The summed E-state index contributed by atoms with van der Waals surface area (Å²) >= 11 is 0. The van der Waals surface area contributed by atoms with Crippen LogP contribution in [0.4, 0.5) is 0 Å². The summed E-state index contributed by atoms with van der Waals surface area (Å²) < 4.78 is 0. The van der Waals surface area contributed by atoms with Gasteiger partial charge in [0.25, 0.3) is 0 Å². The third-order valence-corrected chi connectivity index (χ3v) is 4.98. The second-order valence-corrected chi connectivity index (χ2v) is 7.25. The lowest BCUT2D eigenvalue weighted by molar-refractivity contribution is -0.127. The number of carbonyl (C=O) groups excluding carboxylic acids is 1. The molecule has 1 aromatic rings. The molecule has 0 aromatic heterocycles. The van der Waals surface area contributed by atoms with Crippen LogP contribution in [-0.4, -0.2) is 23.5 Å². The van der Waals surface area contributed by atoms with Crippen LogP contribution in [0.3, 0.4) is 0 Å². The molecule has 2 heterocycles. The molecule has 1 amide bonds. The van der Waals surface area contributed by atoms with Crippen molar-refractivity contribution in [2.75, 3.05) is 0 Å². The molecule has 2 N–H and O–H groups in total. The first-order valence-electron chi connectivity index (χ1n) is 8.15. The molecular weight excluding hydrogens is 260 g/mol. The van der Waals surface area contributed by atoms with E-state index in [0.29, 0.717) is 12.1 Å². The van der Waals surface area contributed by atoms with E-state index in [9.17, 15) is 4.79 Å². The van der Waals surface area contributed by atoms with Crippen molar-refractivity contribution in [2.45, 2.75) is 63.6 Å². The van der Waals surface area contributed by atoms with E-state index < -0.39 is 0 Å². The van der Waals surface area contributed by atoms with E-state index in [1.807, 2.05) is 6.07 Å². The maximum Gasteiger partial charge on any atom is 0.225 e. The summed E-state index contributed by atoms with van der Waals surface area (Å²) in [6, 6.07) is 11.5. The van der Waals surface area contributed by atoms with Gasteiger partial charge in [-0.05, 0) is 51.5 Å². The third-order valence-electron chi connectivity index (χ3n) is 4.98. The number of rotatable bonds is 5. The van der Waals surface area contributed by atoms with Crippen LogP contribution < -0.4 is 10.6 Å². The fraction of sp³-hybridized carbons (Fsp3) is 0.611. The lowest BCUT2D eigenvalue weighted by Crippen LogP contribution is -2.48. The number of amides is 1. The fourth-order valence-corrected chi connectivity index (χ4v) is 3.70. The Balaban J connectivity index is 1.52.